The highest BCUT2D eigenvalue weighted by molar-refractivity contribution is 5.69. The first kappa shape index (κ1) is 11.6. The molecule has 0 unspecified atom stereocenters. The number of carbonyl (C=O) groups is 1. The van der Waals surface area contributed by atoms with Crippen molar-refractivity contribution in [2.24, 2.45) is 0 Å². The zero-order valence-corrected chi connectivity index (χ0v) is 8.93. The Kier molecular flexibility index (Phi) is 4.23. The zero-order valence-electron chi connectivity index (χ0n) is 8.93. The van der Waals surface area contributed by atoms with E-state index in [0.717, 1.165) is 6.42 Å². The van der Waals surface area contributed by atoms with Crippen LogP contribution in [-0.2, 0) is 11.3 Å². The molecule has 15 heavy (non-hydrogen) atoms. The van der Waals surface area contributed by atoms with Gasteiger partial charge < -0.3 is 9.63 Å². The molecule has 6 heteroatoms. The van der Waals surface area contributed by atoms with Gasteiger partial charge in [0.25, 0.3) is 0 Å². The maximum Gasteiger partial charge on any atom is 0.317 e. The molecular weight excluding hydrogens is 198 g/mol. The summed E-state index contributed by atoms with van der Waals surface area (Å²) in [5, 5.41) is 12.4. The first-order chi connectivity index (χ1) is 7.11. The van der Waals surface area contributed by atoms with Gasteiger partial charge in [0.1, 0.15) is 0 Å². The molecule has 0 aliphatic rings. The normalized spacial score (nSPS) is 10.9. The Morgan fingerprint density at radius 3 is 2.80 bits per heavy atom. The van der Waals surface area contributed by atoms with Crippen LogP contribution in [0.15, 0.2) is 4.52 Å². The van der Waals surface area contributed by atoms with Crippen LogP contribution in [0.1, 0.15) is 25.1 Å². The third kappa shape index (κ3) is 4.07. The number of aryl methyl sites for hydroxylation is 1. The van der Waals surface area contributed by atoms with Gasteiger partial charge in [-0.05, 0) is 13.0 Å². The summed E-state index contributed by atoms with van der Waals surface area (Å²) in [6.07, 6.45) is 0.893. The standard InChI is InChI=1S/C9H15N3O3/c1-3-4-12(6-9(13)14)5-8-10-7(2)15-11-8/h3-6H2,1-2H3,(H,13,14). The minimum atomic E-state index is -0.844. The number of hydrogen-bond acceptors (Lipinski definition) is 5. The van der Waals surface area contributed by atoms with Crippen molar-refractivity contribution in [1.29, 1.82) is 0 Å². The van der Waals surface area contributed by atoms with Crippen LogP contribution in [0.4, 0.5) is 0 Å². The molecule has 0 bridgehead atoms. The van der Waals surface area contributed by atoms with Crippen molar-refractivity contribution in [2.75, 3.05) is 13.1 Å². The van der Waals surface area contributed by atoms with Gasteiger partial charge in [-0.3, -0.25) is 9.69 Å². The molecule has 1 heterocycles. The highest BCUT2D eigenvalue weighted by Crippen LogP contribution is 2.01. The van der Waals surface area contributed by atoms with Crippen LogP contribution in [0, 0.1) is 6.92 Å². The van der Waals surface area contributed by atoms with Crippen molar-refractivity contribution in [3.05, 3.63) is 11.7 Å². The van der Waals surface area contributed by atoms with E-state index >= 15 is 0 Å². The van der Waals surface area contributed by atoms with Crippen molar-refractivity contribution in [3.8, 4) is 0 Å². The van der Waals surface area contributed by atoms with Gasteiger partial charge >= 0.3 is 5.97 Å². The number of hydrogen-bond donors (Lipinski definition) is 1. The summed E-state index contributed by atoms with van der Waals surface area (Å²) in [4.78, 5) is 16.4. The van der Waals surface area contributed by atoms with Crippen LogP contribution in [0.3, 0.4) is 0 Å². The largest absolute Gasteiger partial charge is 0.480 e. The first-order valence-electron chi connectivity index (χ1n) is 4.85. The molecule has 1 rings (SSSR count). The number of nitrogens with zero attached hydrogens (tertiary/aromatic N) is 3. The third-order valence-corrected chi connectivity index (χ3v) is 1.83. The molecule has 0 atom stereocenters. The molecule has 0 spiro atoms. The highest BCUT2D eigenvalue weighted by atomic mass is 16.5. The lowest BCUT2D eigenvalue weighted by molar-refractivity contribution is -0.138. The molecule has 0 saturated heterocycles. The molecule has 0 aliphatic heterocycles. The van der Waals surface area contributed by atoms with Crippen molar-refractivity contribution >= 4 is 5.97 Å². The van der Waals surface area contributed by atoms with E-state index < -0.39 is 5.97 Å². The second-order valence-corrected chi connectivity index (χ2v) is 3.33. The molecule has 0 radical (unpaired) electrons. The Hall–Kier alpha value is -1.43. The predicted octanol–water partition coefficient (Wildman–Crippen LogP) is 0.675. The average molecular weight is 213 g/mol. The lowest BCUT2D eigenvalue weighted by Gasteiger charge is -2.16. The Labute approximate surface area is 87.9 Å². The van der Waals surface area contributed by atoms with E-state index in [4.69, 9.17) is 9.63 Å². The van der Waals surface area contributed by atoms with E-state index in [2.05, 4.69) is 10.1 Å². The molecule has 1 N–H and O–H groups in total. The summed E-state index contributed by atoms with van der Waals surface area (Å²) in [5.74, 6) is 0.183. The number of aliphatic carboxylic acids is 1. The predicted molar refractivity (Wildman–Crippen MR) is 52.2 cm³/mol. The van der Waals surface area contributed by atoms with E-state index in [-0.39, 0.29) is 6.54 Å². The number of carboxylic acid groups (broad SMARTS) is 1. The van der Waals surface area contributed by atoms with Gasteiger partial charge in [-0.25, -0.2) is 0 Å². The number of aromatic nitrogens is 2. The summed E-state index contributed by atoms with van der Waals surface area (Å²) in [6, 6.07) is 0. The molecule has 0 amide bonds. The summed E-state index contributed by atoms with van der Waals surface area (Å²) < 4.78 is 4.81. The quantitative estimate of drug-likeness (QED) is 0.748. The molecule has 1 aromatic heterocycles. The monoisotopic (exact) mass is 213 g/mol. The van der Waals surface area contributed by atoms with Gasteiger partial charge in [0, 0.05) is 6.92 Å². The van der Waals surface area contributed by atoms with Crippen molar-refractivity contribution in [1.82, 2.24) is 15.0 Å². The molecular formula is C9H15N3O3. The smallest absolute Gasteiger partial charge is 0.317 e. The highest BCUT2D eigenvalue weighted by Gasteiger charge is 2.12. The Balaban J connectivity index is 2.53. The van der Waals surface area contributed by atoms with Gasteiger partial charge in [0.05, 0.1) is 13.1 Å². The van der Waals surface area contributed by atoms with Crippen LogP contribution in [0.2, 0.25) is 0 Å². The van der Waals surface area contributed by atoms with Crippen LogP contribution in [0.5, 0.6) is 0 Å². The molecule has 84 valence electrons. The van der Waals surface area contributed by atoms with Crippen molar-refractivity contribution < 1.29 is 14.4 Å². The minimum Gasteiger partial charge on any atom is -0.480 e. The fourth-order valence-corrected chi connectivity index (χ4v) is 1.33. The van der Waals surface area contributed by atoms with Crippen LogP contribution in [-0.4, -0.2) is 39.2 Å². The van der Waals surface area contributed by atoms with E-state index in [9.17, 15) is 4.79 Å². The van der Waals surface area contributed by atoms with Gasteiger partial charge in [-0.2, -0.15) is 4.98 Å². The Morgan fingerprint density at radius 1 is 1.60 bits per heavy atom. The lowest BCUT2D eigenvalue weighted by Crippen LogP contribution is -2.30. The summed E-state index contributed by atoms with van der Waals surface area (Å²) >= 11 is 0. The zero-order chi connectivity index (χ0) is 11.3. The summed E-state index contributed by atoms with van der Waals surface area (Å²) in [5.41, 5.74) is 0. The van der Waals surface area contributed by atoms with Crippen LogP contribution < -0.4 is 0 Å². The number of carboxylic acids is 1. The van der Waals surface area contributed by atoms with Gasteiger partial charge in [0.2, 0.25) is 5.89 Å². The first-order valence-corrected chi connectivity index (χ1v) is 4.85. The second-order valence-electron chi connectivity index (χ2n) is 3.33. The topological polar surface area (TPSA) is 79.5 Å². The average Bonchev–Trinajstić information content (AvgIpc) is 2.50. The molecule has 6 nitrogen and oxygen atoms in total. The van der Waals surface area contributed by atoms with Crippen LogP contribution in [0.25, 0.3) is 0 Å². The Bertz CT molecular complexity index is 324. The summed E-state index contributed by atoms with van der Waals surface area (Å²) in [7, 11) is 0. The fraction of sp³-hybridized carbons (Fsp3) is 0.667. The van der Waals surface area contributed by atoms with Crippen molar-refractivity contribution in [3.63, 3.8) is 0 Å². The van der Waals surface area contributed by atoms with E-state index in [1.807, 2.05) is 6.92 Å². The molecule has 0 aliphatic carbocycles. The van der Waals surface area contributed by atoms with Crippen LogP contribution >= 0.6 is 0 Å². The van der Waals surface area contributed by atoms with Gasteiger partial charge in [-0.1, -0.05) is 12.1 Å². The third-order valence-electron chi connectivity index (χ3n) is 1.83. The maximum atomic E-state index is 10.6. The summed E-state index contributed by atoms with van der Waals surface area (Å²) in [6.45, 7) is 4.83. The maximum absolute atomic E-state index is 10.6. The van der Waals surface area contributed by atoms with E-state index in [1.54, 1.807) is 11.8 Å². The minimum absolute atomic E-state index is 0.00142. The molecule has 1 aromatic rings. The molecule has 0 aromatic carbocycles. The lowest BCUT2D eigenvalue weighted by atomic mass is 10.4. The van der Waals surface area contributed by atoms with Gasteiger partial charge in [0.15, 0.2) is 5.82 Å². The van der Waals surface area contributed by atoms with Gasteiger partial charge in [-0.15, -0.1) is 0 Å². The fourth-order valence-electron chi connectivity index (χ4n) is 1.33. The Morgan fingerprint density at radius 2 is 2.33 bits per heavy atom. The van der Waals surface area contributed by atoms with E-state index in [1.165, 1.54) is 0 Å². The second kappa shape index (κ2) is 5.45. The SMILES string of the molecule is CCCN(CC(=O)O)Cc1noc(C)n1. The number of rotatable bonds is 6. The molecule has 0 saturated carbocycles. The van der Waals surface area contributed by atoms with E-state index in [0.29, 0.717) is 24.8 Å². The van der Waals surface area contributed by atoms with Crippen molar-refractivity contribution in [2.45, 2.75) is 26.8 Å². The molecule has 0 fully saturated rings.